The van der Waals surface area contributed by atoms with Gasteiger partial charge in [-0.15, -0.1) is 0 Å². The van der Waals surface area contributed by atoms with Gasteiger partial charge in [0.15, 0.2) is 5.82 Å². The van der Waals surface area contributed by atoms with E-state index in [1.807, 2.05) is 31.2 Å². The number of fused-ring (bicyclic) bond motifs is 1. The first-order chi connectivity index (χ1) is 13.0. The molecule has 1 aliphatic heterocycles. The SMILES string of the molecule is Cc1ccc(C(=O)N2Cc3[nH]nc(NC(=O)c4ccc(N)cc4)c3C2)cc1. The predicted octanol–water partition coefficient (Wildman–Crippen LogP) is 2.71. The van der Waals surface area contributed by atoms with E-state index in [1.54, 1.807) is 29.2 Å². The van der Waals surface area contributed by atoms with Gasteiger partial charge < -0.3 is 16.0 Å². The van der Waals surface area contributed by atoms with Crippen LogP contribution in [0.4, 0.5) is 11.5 Å². The van der Waals surface area contributed by atoms with Crippen LogP contribution in [0.2, 0.25) is 0 Å². The maximum Gasteiger partial charge on any atom is 0.256 e. The quantitative estimate of drug-likeness (QED) is 0.624. The molecule has 4 N–H and O–H groups in total. The van der Waals surface area contributed by atoms with E-state index in [0.29, 0.717) is 35.7 Å². The minimum Gasteiger partial charge on any atom is -0.399 e. The van der Waals surface area contributed by atoms with Gasteiger partial charge in [-0.2, -0.15) is 5.10 Å². The molecule has 0 spiro atoms. The van der Waals surface area contributed by atoms with E-state index >= 15 is 0 Å². The van der Waals surface area contributed by atoms with Gasteiger partial charge in [0.2, 0.25) is 0 Å². The van der Waals surface area contributed by atoms with E-state index < -0.39 is 0 Å². The molecule has 0 radical (unpaired) electrons. The molecule has 3 aromatic rings. The Morgan fingerprint density at radius 2 is 1.70 bits per heavy atom. The van der Waals surface area contributed by atoms with Crippen LogP contribution in [0.5, 0.6) is 0 Å². The zero-order chi connectivity index (χ0) is 19.0. The van der Waals surface area contributed by atoms with Gasteiger partial charge in [-0.3, -0.25) is 14.7 Å². The molecule has 0 saturated heterocycles. The van der Waals surface area contributed by atoms with Crippen molar-refractivity contribution in [2.75, 3.05) is 11.1 Å². The van der Waals surface area contributed by atoms with Gasteiger partial charge in [-0.05, 0) is 43.3 Å². The zero-order valence-electron chi connectivity index (χ0n) is 14.8. The number of hydrogen-bond acceptors (Lipinski definition) is 4. The molecular formula is C20H19N5O2. The summed E-state index contributed by atoms with van der Waals surface area (Å²) >= 11 is 0. The second-order valence-electron chi connectivity index (χ2n) is 6.63. The molecule has 136 valence electrons. The lowest BCUT2D eigenvalue weighted by Crippen LogP contribution is -2.26. The standard InChI is InChI=1S/C20H19N5O2/c1-12-2-4-14(5-3-12)20(27)25-10-16-17(11-25)23-24-18(16)22-19(26)13-6-8-15(21)9-7-13/h2-9H,10-11,21H2,1H3,(H2,22,23,24,26). The maximum atomic E-state index is 12.7. The lowest BCUT2D eigenvalue weighted by molar-refractivity contribution is 0.0749. The molecule has 0 atom stereocenters. The number of aromatic amines is 1. The van der Waals surface area contributed by atoms with E-state index in [-0.39, 0.29) is 11.8 Å². The number of aryl methyl sites for hydroxylation is 1. The average molecular weight is 361 g/mol. The van der Waals surface area contributed by atoms with Gasteiger partial charge in [0.1, 0.15) is 0 Å². The van der Waals surface area contributed by atoms with Gasteiger partial charge in [0.05, 0.1) is 18.8 Å². The van der Waals surface area contributed by atoms with E-state index in [0.717, 1.165) is 16.8 Å². The number of nitrogens with zero attached hydrogens (tertiary/aromatic N) is 2. The number of H-pyrrole nitrogens is 1. The van der Waals surface area contributed by atoms with Gasteiger partial charge in [-0.25, -0.2) is 0 Å². The van der Waals surface area contributed by atoms with Crippen molar-refractivity contribution in [3.63, 3.8) is 0 Å². The maximum absolute atomic E-state index is 12.7. The minimum atomic E-state index is -0.271. The Bertz CT molecular complexity index is 1010. The highest BCUT2D eigenvalue weighted by molar-refractivity contribution is 6.04. The third kappa shape index (κ3) is 3.27. The summed E-state index contributed by atoms with van der Waals surface area (Å²) in [4.78, 5) is 26.8. The van der Waals surface area contributed by atoms with Gasteiger partial charge in [-0.1, -0.05) is 17.7 Å². The molecule has 0 bridgehead atoms. The van der Waals surface area contributed by atoms with Crippen molar-refractivity contribution in [3.8, 4) is 0 Å². The third-order valence-electron chi connectivity index (χ3n) is 4.64. The number of benzene rings is 2. The fraction of sp³-hybridized carbons (Fsp3) is 0.150. The molecule has 0 unspecified atom stereocenters. The number of anilines is 2. The first-order valence-corrected chi connectivity index (χ1v) is 8.60. The van der Waals surface area contributed by atoms with Crippen LogP contribution in [0.15, 0.2) is 48.5 Å². The molecule has 7 nitrogen and oxygen atoms in total. The topological polar surface area (TPSA) is 104 Å². The molecule has 0 fully saturated rings. The van der Waals surface area contributed by atoms with Crippen molar-refractivity contribution in [2.45, 2.75) is 20.0 Å². The van der Waals surface area contributed by atoms with Crippen molar-refractivity contribution in [1.82, 2.24) is 15.1 Å². The Balaban J connectivity index is 1.48. The first-order valence-electron chi connectivity index (χ1n) is 8.60. The van der Waals surface area contributed by atoms with Crippen molar-refractivity contribution in [2.24, 2.45) is 0 Å². The fourth-order valence-electron chi connectivity index (χ4n) is 3.08. The van der Waals surface area contributed by atoms with Crippen LogP contribution < -0.4 is 11.1 Å². The zero-order valence-corrected chi connectivity index (χ0v) is 14.8. The van der Waals surface area contributed by atoms with Crippen LogP contribution in [0.25, 0.3) is 0 Å². The highest BCUT2D eigenvalue weighted by Crippen LogP contribution is 2.28. The Hall–Kier alpha value is -3.61. The second kappa shape index (κ2) is 6.60. The monoisotopic (exact) mass is 361 g/mol. The van der Waals surface area contributed by atoms with Gasteiger partial charge >= 0.3 is 0 Å². The number of aromatic nitrogens is 2. The molecule has 1 aliphatic rings. The molecule has 2 amide bonds. The summed E-state index contributed by atoms with van der Waals surface area (Å²) in [6.45, 7) is 2.82. The van der Waals surface area contributed by atoms with E-state index in [1.165, 1.54) is 0 Å². The summed E-state index contributed by atoms with van der Waals surface area (Å²) < 4.78 is 0. The summed E-state index contributed by atoms with van der Waals surface area (Å²) in [5, 5.41) is 9.90. The molecule has 27 heavy (non-hydrogen) atoms. The molecular weight excluding hydrogens is 342 g/mol. The third-order valence-corrected chi connectivity index (χ3v) is 4.64. The van der Waals surface area contributed by atoms with Crippen LogP contribution in [0.1, 0.15) is 37.5 Å². The van der Waals surface area contributed by atoms with E-state index in [2.05, 4.69) is 15.5 Å². The van der Waals surface area contributed by atoms with Crippen LogP contribution >= 0.6 is 0 Å². The number of carbonyl (C=O) groups is 2. The molecule has 2 heterocycles. The van der Waals surface area contributed by atoms with Crippen molar-refractivity contribution < 1.29 is 9.59 Å². The predicted molar refractivity (Wildman–Crippen MR) is 102 cm³/mol. The summed E-state index contributed by atoms with van der Waals surface area (Å²) in [7, 11) is 0. The van der Waals surface area contributed by atoms with Crippen molar-refractivity contribution in [1.29, 1.82) is 0 Å². The van der Waals surface area contributed by atoms with Crippen molar-refractivity contribution in [3.05, 3.63) is 76.5 Å². The average Bonchev–Trinajstić information content (AvgIpc) is 3.24. The number of nitrogens with one attached hydrogen (secondary N) is 2. The summed E-state index contributed by atoms with van der Waals surface area (Å²) in [5.41, 5.74) is 10.2. The fourth-order valence-corrected chi connectivity index (χ4v) is 3.08. The van der Waals surface area contributed by atoms with Crippen LogP contribution in [-0.4, -0.2) is 26.9 Å². The molecule has 4 rings (SSSR count). The molecule has 1 aromatic heterocycles. The number of hydrogen-bond donors (Lipinski definition) is 3. The Morgan fingerprint density at radius 1 is 1.04 bits per heavy atom. The molecule has 2 aromatic carbocycles. The normalized spacial score (nSPS) is 12.7. The second-order valence-corrected chi connectivity index (χ2v) is 6.63. The lowest BCUT2D eigenvalue weighted by atomic mass is 10.1. The van der Waals surface area contributed by atoms with Crippen LogP contribution in [0.3, 0.4) is 0 Å². The first kappa shape index (κ1) is 16.8. The number of rotatable bonds is 3. The number of nitrogen functional groups attached to an aromatic ring is 1. The summed E-state index contributed by atoms with van der Waals surface area (Å²) in [6.07, 6.45) is 0. The molecule has 0 aliphatic carbocycles. The molecule has 7 heteroatoms. The number of nitrogens with two attached hydrogens (primary N) is 1. The Kier molecular flexibility index (Phi) is 4.12. The largest absolute Gasteiger partial charge is 0.399 e. The van der Waals surface area contributed by atoms with E-state index in [9.17, 15) is 9.59 Å². The van der Waals surface area contributed by atoms with Gasteiger partial charge in [0, 0.05) is 22.4 Å². The highest BCUT2D eigenvalue weighted by atomic mass is 16.2. The lowest BCUT2D eigenvalue weighted by Gasteiger charge is -2.16. The Labute approximate surface area is 156 Å². The van der Waals surface area contributed by atoms with Crippen molar-refractivity contribution >= 4 is 23.3 Å². The summed E-state index contributed by atoms with van der Waals surface area (Å²) in [6, 6.07) is 14.1. The smallest absolute Gasteiger partial charge is 0.256 e. The number of carbonyl (C=O) groups excluding carboxylic acids is 2. The minimum absolute atomic E-state index is 0.0459. The number of amides is 2. The van der Waals surface area contributed by atoms with Crippen LogP contribution in [-0.2, 0) is 13.1 Å². The van der Waals surface area contributed by atoms with Crippen LogP contribution in [0, 0.1) is 6.92 Å². The summed E-state index contributed by atoms with van der Waals surface area (Å²) in [5.74, 6) is 0.133. The Morgan fingerprint density at radius 3 is 2.41 bits per heavy atom. The van der Waals surface area contributed by atoms with Gasteiger partial charge in [0.25, 0.3) is 11.8 Å². The molecule has 0 saturated carbocycles. The highest BCUT2D eigenvalue weighted by Gasteiger charge is 2.29. The van der Waals surface area contributed by atoms with E-state index in [4.69, 9.17) is 5.73 Å².